The number of nitrogens with one attached hydrogen (secondary N) is 3. The SMILES string of the molecule is O=C(CCCC[C@H]1SC[C@H]2NC(=O)N[C@H]21)NCCCC(=O)ON1C(=O)CCC1=O. The highest BCUT2D eigenvalue weighted by molar-refractivity contribution is 8.00. The van der Waals surface area contributed by atoms with E-state index in [0.717, 1.165) is 25.0 Å². The Kier molecular flexibility index (Phi) is 7.34. The lowest BCUT2D eigenvalue weighted by molar-refractivity contribution is -0.197. The van der Waals surface area contributed by atoms with Crippen LogP contribution in [0, 0.1) is 0 Å². The number of carbonyl (C=O) groups excluding carboxylic acids is 5. The van der Waals surface area contributed by atoms with E-state index in [1.165, 1.54) is 0 Å². The van der Waals surface area contributed by atoms with Crippen LogP contribution in [0.2, 0.25) is 0 Å². The van der Waals surface area contributed by atoms with Gasteiger partial charge in [-0.15, -0.1) is 5.06 Å². The second-order valence-electron chi connectivity index (χ2n) is 7.37. The van der Waals surface area contributed by atoms with Gasteiger partial charge >= 0.3 is 12.0 Å². The zero-order valence-corrected chi connectivity index (χ0v) is 16.9. The third-order valence-corrected chi connectivity index (χ3v) is 6.67. The monoisotopic (exact) mass is 426 g/mol. The maximum Gasteiger partial charge on any atom is 0.333 e. The molecule has 160 valence electrons. The third kappa shape index (κ3) is 5.84. The van der Waals surface area contributed by atoms with Crippen LogP contribution < -0.4 is 16.0 Å². The normalized spacial score (nSPS) is 25.6. The summed E-state index contributed by atoms with van der Waals surface area (Å²) in [6.45, 7) is 0.329. The number of hydrogen-bond donors (Lipinski definition) is 3. The fourth-order valence-corrected chi connectivity index (χ4v) is 5.17. The zero-order chi connectivity index (χ0) is 20.8. The number of urea groups is 1. The van der Waals surface area contributed by atoms with Gasteiger partial charge in [0.05, 0.1) is 12.1 Å². The molecular formula is C18H26N4O6S. The van der Waals surface area contributed by atoms with Crippen LogP contribution in [-0.2, 0) is 24.0 Å². The molecule has 3 aliphatic rings. The molecule has 0 aliphatic carbocycles. The molecular weight excluding hydrogens is 400 g/mol. The number of amides is 5. The Balaban J connectivity index is 1.20. The molecule has 3 N–H and O–H groups in total. The predicted molar refractivity (Wildman–Crippen MR) is 103 cm³/mol. The summed E-state index contributed by atoms with van der Waals surface area (Å²) < 4.78 is 0. The smallest absolute Gasteiger partial charge is 0.333 e. The van der Waals surface area contributed by atoms with Gasteiger partial charge in [-0.25, -0.2) is 9.59 Å². The highest BCUT2D eigenvalue weighted by atomic mass is 32.2. The molecule has 3 heterocycles. The standard InChI is InChI=1S/C18H26N4O6S/c23-13(5-2-1-4-12-17-11(10-29-12)20-18(27)21-17)19-9-3-6-16(26)28-22-14(24)7-8-15(22)25/h11-12,17H,1-10H2,(H,19,23)(H2,20,21,27)/t11-,12-,17-/m1/s1. The summed E-state index contributed by atoms with van der Waals surface area (Å²) in [5.74, 6) is -0.818. The summed E-state index contributed by atoms with van der Waals surface area (Å²) in [6, 6.07) is 0.314. The second kappa shape index (κ2) is 9.95. The average Bonchev–Trinajstić information content (AvgIpc) is 3.32. The topological polar surface area (TPSA) is 134 Å². The lowest BCUT2D eigenvalue weighted by Crippen LogP contribution is -2.36. The minimum Gasteiger partial charge on any atom is -0.356 e. The minimum absolute atomic E-state index is 0.0125. The Morgan fingerprint density at radius 1 is 1.07 bits per heavy atom. The molecule has 0 aromatic heterocycles. The van der Waals surface area contributed by atoms with Crippen LogP contribution in [-0.4, -0.2) is 64.4 Å². The van der Waals surface area contributed by atoms with Crippen LogP contribution in [0.25, 0.3) is 0 Å². The third-order valence-electron chi connectivity index (χ3n) is 5.16. The average molecular weight is 426 g/mol. The maximum absolute atomic E-state index is 11.9. The van der Waals surface area contributed by atoms with Crippen molar-refractivity contribution in [2.45, 2.75) is 68.7 Å². The predicted octanol–water partition coefficient (Wildman–Crippen LogP) is 0.216. The molecule has 0 unspecified atom stereocenters. The molecule has 0 aromatic rings. The van der Waals surface area contributed by atoms with Crippen molar-refractivity contribution < 1.29 is 28.8 Å². The van der Waals surface area contributed by atoms with Crippen molar-refractivity contribution >= 4 is 41.5 Å². The van der Waals surface area contributed by atoms with E-state index in [4.69, 9.17) is 4.84 Å². The summed E-state index contributed by atoms with van der Waals surface area (Å²) >= 11 is 1.86. The van der Waals surface area contributed by atoms with Crippen molar-refractivity contribution in [2.24, 2.45) is 0 Å². The Bertz CT molecular complexity index is 671. The van der Waals surface area contributed by atoms with Gasteiger partial charge in [0.1, 0.15) is 0 Å². The molecule has 10 nitrogen and oxygen atoms in total. The molecule has 0 aromatic carbocycles. The first kappa shape index (κ1) is 21.4. The quantitative estimate of drug-likeness (QED) is 0.258. The first-order valence-electron chi connectivity index (χ1n) is 9.96. The number of carbonyl (C=O) groups is 5. The Hall–Kier alpha value is -2.30. The molecule has 11 heteroatoms. The number of imide groups is 1. The Morgan fingerprint density at radius 3 is 2.59 bits per heavy atom. The van der Waals surface area contributed by atoms with E-state index < -0.39 is 17.8 Å². The summed E-state index contributed by atoms with van der Waals surface area (Å²) in [5, 5.41) is 9.54. The molecule has 5 amide bonds. The van der Waals surface area contributed by atoms with Gasteiger partial charge in [-0.3, -0.25) is 14.4 Å². The largest absolute Gasteiger partial charge is 0.356 e. The molecule has 29 heavy (non-hydrogen) atoms. The maximum atomic E-state index is 11.9. The highest BCUT2D eigenvalue weighted by Gasteiger charge is 2.42. The van der Waals surface area contributed by atoms with Crippen molar-refractivity contribution in [3.63, 3.8) is 0 Å². The molecule has 0 bridgehead atoms. The number of thioether (sulfide) groups is 1. The summed E-state index contributed by atoms with van der Waals surface area (Å²) in [7, 11) is 0. The van der Waals surface area contributed by atoms with E-state index in [9.17, 15) is 24.0 Å². The first-order valence-corrected chi connectivity index (χ1v) is 11.0. The van der Waals surface area contributed by atoms with Crippen LogP contribution in [0.15, 0.2) is 0 Å². The molecule has 3 saturated heterocycles. The van der Waals surface area contributed by atoms with E-state index in [1.807, 2.05) is 11.8 Å². The van der Waals surface area contributed by atoms with Crippen molar-refractivity contribution in [3.05, 3.63) is 0 Å². The number of unbranched alkanes of at least 4 members (excludes halogenated alkanes) is 1. The molecule has 0 radical (unpaired) electrons. The van der Waals surface area contributed by atoms with Crippen molar-refractivity contribution in [1.82, 2.24) is 21.0 Å². The van der Waals surface area contributed by atoms with Crippen LogP contribution in [0.1, 0.15) is 51.4 Å². The van der Waals surface area contributed by atoms with Crippen LogP contribution in [0.4, 0.5) is 4.79 Å². The molecule has 3 atom stereocenters. The number of rotatable bonds is 10. The van der Waals surface area contributed by atoms with Gasteiger partial charge < -0.3 is 20.8 Å². The molecule has 3 rings (SSSR count). The van der Waals surface area contributed by atoms with Crippen LogP contribution >= 0.6 is 11.8 Å². The first-order chi connectivity index (χ1) is 13.9. The van der Waals surface area contributed by atoms with Gasteiger partial charge in [0.15, 0.2) is 0 Å². The summed E-state index contributed by atoms with van der Waals surface area (Å²) in [4.78, 5) is 62.4. The van der Waals surface area contributed by atoms with Gasteiger partial charge in [-0.1, -0.05) is 6.42 Å². The van der Waals surface area contributed by atoms with E-state index in [0.29, 0.717) is 29.7 Å². The fourth-order valence-electron chi connectivity index (χ4n) is 3.63. The molecule has 3 fully saturated rings. The van der Waals surface area contributed by atoms with Crippen molar-refractivity contribution in [1.29, 1.82) is 0 Å². The van der Waals surface area contributed by atoms with Gasteiger partial charge in [0, 0.05) is 43.2 Å². The Morgan fingerprint density at radius 2 is 1.83 bits per heavy atom. The summed E-state index contributed by atoms with van der Waals surface area (Å²) in [6.07, 6.45) is 3.56. The van der Waals surface area contributed by atoms with Crippen LogP contribution in [0.3, 0.4) is 0 Å². The van der Waals surface area contributed by atoms with Crippen molar-refractivity contribution in [3.8, 4) is 0 Å². The van der Waals surface area contributed by atoms with Gasteiger partial charge in [0.2, 0.25) is 5.91 Å². The molecule has 0 spiro atoms. The van der Waals surface area contributed by atoms with Gasteiger partial charge in [-0.2, -0.15) is 11.8 Å². The highest BCUT2D eigenvalue weighted by Crippen LogP contribution is 2.33. The second-order valence-corrected chi connectivity index (χ2v) is 8.64. The number of hydrogen-bond acceptors (Lipinski definition) is 7. The van der Waals surface area contributed by atoms with E-state index >= 15 is 0 Å². The minimum atomic E-state index is -0.663. The molecule has 0 saturated carbocycles. The number of nitrogens with zero attached hydrogens (tertiary/aromatic N) is 1. The van der Waals surface area contributed by atoms with Gasteiger partial charge in [0.25, 0.3) is 11.8 Å². The fraction of sp³-hybridized carbons (Fsp3) is 0.722. The Labute approximate surface area is 172 Å². The van der Waals surface area contributed by atoms with E-state index in [-0.39, 0.29) is 43.3 Å². The van der Waals surface area contributed by atoms with Gasteiger partial charge in [-0.05, 0) is 19.3 Å². The lowest BCUT2D eigenvalue weighted by Gasteiger charge is -2.16. The number of hydroxylamine groups is 2. The molecule has 3 aliphatic heterocycles. The number of fused-ring (bicyclic) bond motifs is 1. The van der Waals surface area contributed by atoms with E-state index in [1.54, 1.807) is 0 Å². The van der Waals surface area contributed by atoms with E-state index in [2.05, 4.69) is 16.0 Å². The summed E-state index contributed by atoms with van der Waals surface area (Å²) in [5.41, 5.74) is 0. The lowest BCUT2D eigenvalue weighted by atomic mass is 10.0. The van der Waals surface area contributed by atoms with Crippen LogP contribution in [0.5, 0.6) is 0 Å². The zero-order valence-electron chi connectivity index (χ0n) is 16.1. The van der Waals surface area contributed by atoms with Crippen molar-refractivity contribution in [2.75, 3.05) is 12.3 Å².